The number of thiocarbonyl (C=S) groups is 1. The second-order valence-electron chi connectivity index (χ2n) is 5.52. The van der Waals surface area contributed by atoms with Crippen molar-refractivity contribution in [1.29, 1.82) is 0 Å². The molecule has 2 rings (SSSR count). The number of nitrogens with zero attached hydrogens (tertiary/aromatic N) is 2. The minimum absolute atomic E-state index is 0.430. The summed E-state index contributed by atoms with van der Waals surface area (Å²) in [5.74, 6) is 0.571. The molecule has 1 fully saturated rings. The Morgan fingerprint density at radius 3 is 2.95 bits per heavy atom. The van der Waals surface area contributed by atoms with Crippen LogP contribution in [0.2, 0.25) is 0 Å². The Hall–Kier alpha value is -1.20. The van der Waals surface area contributed by atoms with Crippen LogP contribution in [0.15, 0.2) is 6.07 Å². The van der Waals surface area contributed by atoms with E-state index < -0.39 is 0 Å². The lowest BCUT2D eigenvalue weighted by Gasteiger charge is -2.35. The number of methoxy groups -OCH3 is 1. The molecular formula is C15H23N3OS. The first kappa shape index (κ1) is 15.2. The Balaban J connectivity index is 2.33. The number of hydrogen-bond donors (Lipinski definition) is 1. The van der Waals surface area contributed by atoms with Crippen LogP contribution in [0.5, 0.6) is 0 Å². The highest BCUT2D eigenvalue weighted by atomic mass is 32.1. The highest BCUT2D eigenvalue weighted by molar-refractivity contribution is 7.80. The summed E-state index contributed by atoms with van der Waals surface area (Å²) in [6, 6.07) is 2.09. The third kappa shape index (κ3) is 3.27. The van der Waals surface area contributed by atoms with Gasteiger partial charge in [-0.2, -0.15) is 0 Å². The fourth-order valence-electron chi connectivity index (χ4n) is 3.02. The van der Waals surface area contributed by atoms with Crippen molar-refractivity contribution in [2.24, 2.45) is 11.7 Å². The van der Waals surface area contributed by atoms with Crippen molar-refractivity contribution >= 4 is 22.9 Å². The summed E-state index contributed by atoms with van der Waals surface area (Å²) in [5.41, 5.74) is 9.88. The van der Waals surface area contributed by atoms with E-state index >= 15 is 0 Å². The van der Waals surface area contributed by atoms with Crippen LogP contribution in [0.4, 0.5) is 5.69 Å². The Bertz CT molecular complexity index is 502. The molecule has 0 saturated carbocycles. The number of rotatable bonds is 4. The van der Waals surface area contributed by atoms with Crippen molar-refractivity contribution in [3.8, 4) is 0 Å². The first-order valence-electron chi connectivity index (χ1n) is 7.05. The highest BCUT2D eigenvalue weighted by Gasteiger charge is 2.23. The molecule has 1 atom stereocenters. The zero-order valence-electron chi connectivity index (χ0n) is 12.5. The molecule has 1 aliphatic heterocycles. The van der Waals surface area contributed by atoms with Crippen LogP contribution in [0.1, 0.15) is 29.8 Å². The van der Waals surface area contributed by atoms with E-state index in [0.717, 1.165) is 42.3 Å². The molecule has 0 amide bonds. The van der Waals surface area contributed by atoms with E-state index in [4.69, 9.17) is 22.7 Å². The molecule has 20 heavy (non-hydrogen) atoms. The van der Waals surface area contributed by atoms with Gasteiger partial charge in [0.15, 0.2) is 0 Å². The fourth-order valence-corrected chi connectivity index (χ4v) is 3.27. The van der Waals surface area contributed by atoms with Gasteiger partial charge in [0.05, 0.1) is 17.9 Å². The number of aromatic nitrogens is 1. The second-order valence-corrected chi connectivity index (χ2v) is 5.96. The standard InChI is InChI=1S/C15H23N3OS/c1-10-7-13(14(15(16)20)11(2)17-10)18-6-4-5-12(8-18)9-19-3/h7,12H,4-6,8-9H2,1-3H3,(H2,16,20). The summed E-state index contributed by atoms with van der Waals surface area (Å²) >= 11 is 5.22. The van der Waals surface area contributed by atoms with Gasteiger partial charge in [-0.05, 0) is 38.7 Å². The van der Waals surface area contributed by atoms with Gasteiger partial charge in [0.2, 0.25) is 0 Å². The number of nitrogens with two attached hydrogens (primary N) is 1. The molecule has 0 spiro atoms. The number of hydrogen-bond acceptors (Lipinski definition) is 4. The van der Waals surface area contributed by atoms with Crippen LogP contribution >= 0.6 is 12.2 Å². The largest absolute Gasteiger partial charge is 0.389 e. The molecular weight excluding hydrogens is 270 g/mol. The SMILES string of the molecule is COCC1CCCN(c2cc(C)nc(C)c2C(N)=S)C1. The lowest BCUT2D eigenvalue weighted by Crippen LogP contribution is -2.38. The molecule has 1 saturated heterocycles. The summed E-state index contributed by atoms with van der Waals surface area (Å²) in [6.45, 7) is 6.82. The van der Waals surface area contributed by atoms with Crippen LogP contribution in [0, 0.1) is 19.8 Å². The van der Waals surface area contributed by atoms with Crippen molar-refractivity contribution in [3.05, 3.63) is 23.0 Å². The normalized spacial score (nSPS) is 19.1. The predicted molar refractivity (Wildman–Crippen MR) is 86.4 cm³/mol. The van der Waals surface area contributed by atoms with Gasteiger partial charge in [0.25, 0.3) is 0 Å². The van der Waals surface area contributed by atoms with Gasteiger partial charge in [-0.3, -0.25) is 4.98 Å². The van der Waals surface area contributed by atoms with E-state index in [1.165, 1.54) is 12.8 Å². The number of piperidine rings is 1. The summed E-state index contributed by atoms with van der Waals surface area (Å²) in [5, 5.41) is 0. The summed E-state index contributed by atoms with van der Waals surface area (Å²) in [7, 11) is 1.76. The number of aryl methyl sites for hydroxylation is 2. The van der Waals surface area contributed by atoms with Gasteiger partial charge in [-0.15, -0.1) is 0 Å². The number of ether oxygens (including phenoxy) is 1. The van der Waals surface area contributed by atoms with Gasteiger partial charge < -0.3 is 15.4 Å². The lowest BCUT2D eigenvalue weighted by atomic mass is 9.97. The zero-order valence-corrected chi connectivity index (χ0v) is 13.3. The molecule has 1 aromatic rings. The molecule has 110 valence electrons. The molecule has 0 bridgehead atoms. The van der Waals surface area contributed by atoms with Crippen molar-refractivity contribution < 1.29 is 4.74 Å². The van der Waals surface area contributed by atoms with Gasteiger partial charge in [-0.1, -0.05) is 12.2 Å². The number of anilines is 1. The predicted octanol–water partition coefficient (Wildman–Crippen LogP) is 2.20. The Morgan fingerprint density at radius 2 is 2.30 bits per heavy atom. The third-order valence-electron chi connectivity index (χ3n) is 3.82. The monoisotopic (exact) mass is 293 g/mol. The van der Waals surface area contributed by atoms with E-state index in [9.17, 15) is 0 Å². The van der Waals surface area contributed by atoms with E-state index in [0.29, 0.717) is 10.9 Å². The highest BCUT2D eigenvalue weighted by Crippen LogP contribution is 2.28. The molecule has 0 aliphatic carbocycles. The first-order chi connectivity index (χ1) is 9.52. The second kappa shape index (κ2) is 6.50. The van der Waals surface area contributed by atoms with Gasteiger partial charge in [-0.25, -0.2) is 0 Å². The van der Waals surface area contributed by atoms with E-state index in [1.807, 2.05) is 13.8 Å². The van der Waals surface area contributed by atoms with E-state index in [1.54, 1.807) is 7.11 Å². The Kier molecular flexibility index (Phi) is 4.94. The van der Waals surface area contributed by atoms with Crippen LogP contribution in [-0.4, -0.2) is 36.8 Å². The molecule has 0 radical (unpaired) electrons. The molecule has 2 N–H and O–H groups in total. The summed E-state index contributed by atoms with van der Waals surface area (Å²) < 4.78 is 5.30. The van der Waals surface area contributed by atoms with Crippen LogP contribution in [-0.2, 0) is 4.74 Å². The van der Waals surface area contributed by atoms with Crippen molar-refractivity contribution in [1.82, 2.24) is 4.98 Å². The Morgan fingerprint density at radius 1 is 1.55 bits per heavy atom. The average Bonchev–Trinajstić information content (AvgIpc) is 2.38. The van der Waals surface area contributed by atoms with Crippen molar-refractivity contribution in [2.45, 2.75) is 26.7 Å². The molecule has 2 heterocycles. The van der Waals surface area contributed by atoms with Gasteiger partial charge in [0, 0.05) is 31.6 Å². The maximum Gasteiger partial charge on any atom is 0.107 e. The Labute approximate surface area is 126 Å². The molecule has 1 aromatic heterocycles. The van der Waals surface area contributed by atoms with E-state index in [-0.39, 0.29) is 0 Å². The minimum Gasteiger partial charge on any atom is -0.389 e. The molecule has 1 aliphatic rings. The molecule has 0 aromatic carbocycles. The van der Waals surface area contributed by atoms with Crippen LogP contribution in [0.25, 0.3) is 0 Å². The molecule has 4 nitrogen and oxygen atoms in total. The smallest absolute Gasteiger partial charge is 0.107 e. The molecule has 5 heteroatoms. The van der Waals surface area contributed by atoms with Gasteiger partial charge >= 0.3 is 0 Å². The van der Waals surface area contributed by atoms with E-state index in [2.05, 4.69) is 16.0 Å². The van der Waals surface area contributed by atoms with Crippen molar-refractivity contribution in [2.75, 3.05) is 31.7 Å². The number of pyridine rings is 1. The van der Waals surface area contributed by atoms with Crippen LogP contribution < -0.4 is 10.6 Å². The lowest BCUT2D eigenvalue weighted by molar-refractivity contribution is 0.143. The third-order valence-corrected chi connectivity index (χ3v) is 4.02. The first-order valence-corrected chi connectivity index (χ1v) is 7.45. The van der Waals surface area contributed by atoms with Crippen LogP contribution in [0.3, 0.4) is 0 Å². The van der Waals surface area contributed by atoms with Gasteiger partial charge in [0.1, 0.15) is 4.99 Å². The summed E-state index contributed by atoms with van der Waals surface area (Å²) in [4.78, 5) is 7.29. The zero-order chi connectivity index (χ0) is 14.7. The molecule has 1 unspecified atom stereocenters. The topological polar surface area (TPSA) is 51.4 Å². The van der Waals surface area contributed by atoms with Crippen molar-refractivity contribution in [3.63, 3.8) is 0 Å². The maximum atomic E-state index is 5.91. The maximum absolute atomic E-state index is 5.91. The average molecular weight is 293 g/mol. The quantitative estimate of drug-likeness (QED) is 0.863. The minimum atomic E-state index is 0.430. The summed E-state index contributed by atoms with van der Waals surface area (Å²) in [6.07, 6.45) is 2.39. The fraction of sp³-hybridized carbons (Fsp3) is 0.600.